The number of carbonyl (C=O) groups excluding carboxylic acids is 1. The molecule has 0 bridgehead atoms. The van der Waals surface area contributed by atoms with Crippen LogP contribution in [0.2, 0.25) is 0 Å². The van der Waals surface area contributed by atoms with E-state index < -0.39 is 31.9 Å². The van der Waals surface area contributed by atoms with Crippen molar-refractivity contribution in [1.29, 1.82) is 0 Å². The van der Waals surface area contributed by atoms with Crippen LogP contribution in [0.1, 0.15) is 23.6 Å². The molecule has 150 valence electrons. The fraction of sp³-hybridized carbons (Fsp3) is 0.316. The molecular weight excluding hydrogens is 400 g/mol. The van der Waals surface area contributed by atoms with Gasteiger partial charge in [0.2, 0.25) is 15.9 Å². The number of nitrogens with zero attached hydrogens (tertiary/aromatic N) is 1. The number of anilines is 2. The topological polar surface area (TPSA) is 101 Å². The van der Waals surface area contributed by atoms with Crippen molar-refractivity contribution in [3.8, 4) is 0 Å². The minimum Gasteiger partial charge on any atom is -0.279 e. The largest absolute Gasteiger partial charge is 0.279 e. The van der Waals surface area contributed by atoms with Crippen LogP contribution in [0.4, 0.5) is 11.4 Å². The molecule has 0 radical (unpaired) electrons. The highest BCUT2D eigenvalue weighted by molar-refractivity contribution is 7.94. The number of hydrogen-bond acceptors (Lipinski definition) is 5. The van der Waals surface area contributed by atoms with Crippen molar-refractivity contribution >= 4 is 37.3 Å². The van der Waals surface area contributed by atoms with Gasteiger partial charge in [-0.3, -0.25) is 9.52 Å². The van der Waals surface area contributed by atoms with E-state index in [1.165, 1.54) is 24.3 Å². The first-order chi connectivity index (χ1) is 12.9. The average Bonchev–Trinajstić information content (AvgIpc) is 2.78. The Bertz CT molecular complexity index is 1130. The molecule has 3 rings (SSSR count). The van der Waals surface area contributed by atoms with Gasteiger partial charge in [-0.2, -0.15) is 0 Å². The molecule has 2 aromatic carbocycles. The van der Waals surface area contributed by atoms with Gasteiger partial charge in [-0.1, -0.05) is 24.6 Å². The predicted octanol–water partition coefficient (Wildman–Crippen LogP) is 2.73. The van der Waals surface area contributed by atoms with Crippen LogP contribution in [-0.4, -0.2) is 28.5 Å². The van der Waals surface area contributed by atoms with Gasteiger partial charge < -0.3 is 0 Å². The van der Waals surface area contributed by atoms with Crippen molar-refractivity contribution in [1.82, 2.24) is 0 Å². The highest BCUT2D eigenvalue weighted by Gasteiger charge is 2.42. The van der Waals surface area contributed by atoms with Gasteiger partial charge in [-0.05, 0) is 56.2 Å². The van der Waals surface area contributed by atoms with Gasteiger partial charge >= 0.3 is 0 Å². The van der Waals surface area contributed by atoms with Gasteiger partial charge in [0.05, 0.1) is 27.9 Å². The molecule has 1 unspecified atom stereocenters. The second kappa shape index (κ2) is 6.89. The lowest BCUT2D eigenvalue weighted by molar-refractivity contribution is -0.119. The third kappa shape index (κ3) is 3.64. The lowest BCUT2D eigenvalue weighted by atomic mass is 10.1. The quantitative estimate of drug-likeness (QED) is 0.816. The summed E-state index contributed by atoms with van der Waals surface area (Å²) in [4.78, 5) is 12.1. The summed E-state index contributed by atoms with van der Waals surface area (Å²) in [5.41, 5.74) is 3.30. The first-order valence-electron chi connectivity index (χ1n) is 8.70. The van der Waals surface area contributed by atoms with Crippen LogP contribution in [0.15, 0.2) is 41.3 Å². The molecule has 1 heterocycles. The van der Waals surface area contributed by atoms with Gasteiger partial charge in [-0.15, -0.1) is 0 Å². The summed E-state index contributed by atoms with van der Waals surface area (Å²) in [5.74, 6) is -1.39. The molecule has 1 fully saturated rings. The Morgan fingerprint density at radius 2 is 1.57 bits per heavy atom. The molecule has 1 atom stereocenters. The minimum absolute atomic E-state index is 0.0206. The number of aryl methyl sites for hydroxylation is 3. The number of hydrogen-bond donors (Lipinski definition) is 1. The van der Waals surface area contributed by atoms with E-state index in [9.17, 15) is 21.6 Å². The summed E-state index contributed by atoms with van der Waals surface area (Å²) >= 11 is 0. The molecule has 0 aliphatic carbocycles. The molecule has 9 heteroatoms. The monoisotopic (exact) mass is 422 g/mol. The Morgan fingerprint density at radius 3 is 2.04 bits per heavy atom. The molecule has 28 heavy (non-hydrogen) atoms. The highest BCUT2D eigenvalue weighted by atomic mass is 32.2. The van der Waals surface area contributed by atoms with E-state index >= 15 is 0 Å². The normalized spacial score (nSPS) is 19.1. The lowest BCUT2D eigenvalue weighted by Gasteiger charge is -2.17. The van der Waals surface area contributed by atoms with Crippen LogP contribution in [-0.2, 0) is 24.8 Å². The van der Waals surface area contributed by atoms with Crippen LogP contribution in [0.3, 0.4) is 0 Å². The third-order valence-electron chi connectivity index (χ3n) is 4.66. The number of rotatable bonds is 4. The van der Waals surface area contributed by atoms with E-state index in [-0.39, 0.29) is 16.3 Å². The van der Waals surface area contributed by atoms with Crippen molar-refractivity contribution in [3.05, 3.63) is 53.1 Å². The Labute approximate surface area is 165 Å². The molecule has 0 aromatic heterocycles. The van der Waals surface area contributed by atoms with E-state index in [2.05, 4.69) is 4.72 Å². The maximum Gasteiger partial charge on any atom is 0.261 e. The fourth-order valence-electron chi connectivity index (χ4n) is 3.38. The maximum absolute atomic E-state index is 12.8. The Hall–Kier alpha value is -2.39. The van der Waals surface area contributed by atoms with Crippen LogP contribution in [0.25, 0.3) is 0 Å². The molecule has 7 nitrogen and oxygen atoms in total. The van der Waals surface area contributed by atoms with Gasteiger partial charge in [0, 0.05) is 0 Å². The standard InChI is InChI=1S/C19H22N2O5S2/c1-12-9-13(2)18(14(3)10-12)20-28(25,26)17-7-5-16(6-8-17)21-19(22)15(4)11-27(21,23)24/h5-10,15,20H,11H2,1-4H3. The SMILES string of the molecule is Cc1cc(C)c(NS(=O)(=O)c2ccc(N3C(=O)C(C)CS3(=O)=O)cc2)c(C)c1. The van der Waals surface area contributed by atoms with E-state index in [1.807, 2.05) is 32.9 Å². The zero-order valence-electron chi connectivity index (χ0n) is 16.1. The maximum atomic E-state index is 12.8. The number of nitrogens with one attached hydrogen (secondary N) is 1. The predicted molar refractivity (Wildman–Crippen MR) is 108 cm³/mol. The molecular formula is C19H22N2O5S2. The van der Waals surface area contributed by atoms with Crippen molar-refractivity contribution in [2.45, 2.75) is 32.6 Å². The smallest absolute Gasteiger partial charge is 0.261 e. The van der Waals surface area contributed by atoms with E-state index in [0.29, 0.717) is 5.69 Å². The van der Waals surface area contributed by atoms with Crippen LogP contribution < -0.4 is 9.03 Å². The van der Waals surface area contributed by atoms with E-state index in [1.54, 1.807) is 6.92 Å². The summed E-state index contributed by atoms with van der Waals surface area (Å²) in [6.45, 7) is 7.14. The number of sulfonamides is 2. The number of amides is 1. The molecule has 2 aromatic rings. The zero-order valence-corrected chi connectivity index (χ0v) is 17.7. The zero-order chi connectivity index (χ0) is 20.9. The number of benzene rings is 2. The Balaban J connectivity index is 1.92. The molecule has 1 N–H and O–H groups in total. The van der Waals surface area contributed by atoms with Crippen molar-refractivity contribution in [2.75, 3.05) is 14.8 Å². The first kappa shape index (κ1) is 20.3. The van der Waals surface area contributed by atoms with Crippen molar-refractivity contribution in [2.24, 2.45) is 5.92 Å². The molecule has 1 amide bonds. The Kier molecular flexibility index (Phi) is 5.01. The van der Waals surface area contributed by atoms with Gasteiger partial charge in [0.25, 0.3) is 10.0 Å². The summed E-state index contributed by atoms with van der Waals surface area (Å²) in [6.07, 6.45) is 0. The van der Waals surface area contributed by atoms with Crippen molar-refractivity contribution in [3.63, 3.8) is 0 Å². The molecule has 0 saturated carbocycles. The molecule has 1 aliphatic heterocycles. The highest BCUT2D eigenvalue weighted by Crippen LogP contribution is 2.30. The number of carbonyl (C=O) groups is 1. The van der Waals surface area contributed by atoms with Crippen molar-refractivity contribution < 1.29 is 21.6 Å². The second-order valence-corrected chi connectivity index (χ2v) is 10.7. The fourth-order valence-corrected chi connectivity index (χ4v) is 6.41. The summed E-state index contributed by atoms with van der Waals surface area (Å²) in [6, 6.07) is 9.02. The average molecular weight is 423 g/mol. The summed E-state index contributed by atoms with van der Waals surface area (Å²) in [5, 5.41) is 0. The van der Waals surface area contributed by atoms with E-state index in [4.69, 9.17) is 0 Å². The van der Waals surface area contributed by atoms with Crippen LogP contribution >= 0.6 is 0 Å². The summed E-state index contributed by atoms with van der Waals surface area (Å²) in [7, 11) is -7.60. The molecule has 0 spiro atoms. The minimum atomic E-state index is -3.87. The van der Waals surface area contributed by atoms with Crippen LogP contribution in [0.5, 0.6) is 0 Å². The van der Waals surface area contributed by atoms with Gasteiger partial charge in [0.1, 0.15) is 0 Å². The van der Waals surface area contributed by atoms with Gasteiger partial charge in [0.15, 0.2) is 0 Å². The second-order valence-electron chi connectivity index (χ2n) is 7.16. The molecule has 1 saturated heterocycles. The summed E-state index contributed by atoms with van der Waals surface area (Å²) < 4.78 is 53.2. The van der Waals surface area contributed by atoms with Crippen LogP contribution in [0, 0.1) is 26.7 Å². The lowest BCUT2D eigenvalue weighted by Crippen LogP contribution is -2.30. The Morgan fingerprint density at radius 1 is 1.04 bits per heavy atom. The molecule has 1 aliphatic rings. The third-order valence-corrected chi connectivity index (χ3v) is 7.89. The van der Waals surface area contributed by atoms with E-state index in [0.717, 1.165) is 21.0 Å². The first-order valence-corrected chi connectivity index (χ1v) is 11.8. The van der Waals surface area contributed by atoms with Gasteiger partial charge in [-0.25, -0.2) is 21.1 Å².